The standard InChI is InChI=1S/C54H52N4O/c1-34-15-12-16-35(2)52(34)40-27-41(53-36(3)17-13-18-37(53)4)29-44(28-40)57-33-56(38(5)39(57)6)43-19-14-20-45(31-43)59-46-23-24-48-47-21-10-11-22-49(47)58(50(48)32-46)51-30-42(25-26-55-51)54(7,8)9/h10-32H,33H2,1-9H3. The van der Waals surface area contributed by atoms with Crippen LogP contribution in [0.15, 0.2) is 151 Å². The fourth-order valence-electron chi connectivity index (χ4n) is 9.01. The summed E-state index contributed by atoms with van der Waals surface area (Å²) in [5, 5.41) is 2.36. The molecule has 5 nitrogen and oxygen atoms in total. The predicted molar refractivity (Wildman–Crippen MR) is 248 cm³/mol. The number of rotatable bonds is 7. The van der Waals surface area contributed by atoms with Crippen LogP contribution in [0, 0.1) is 27.7 Å². The Morgan fingerprint density at radius 1 is 0.508 bits per heavy atom. The molecule has 0 atom stereocenters. The molecule has 8 aromatic rings. The van der Waals surface area contributed by atoms with Crippen LogP contribution in [0.3, 0.4) is 0 Å². The van der Waals surface area contributed by atoms with Crippen molar-refractivity contribution in [1.29, 1.82) is 0 Å². The molecule has 2 aromatic heterocycles. The normalized spacial score (nSPS) is 13.3. The van der Waals surface area contributed by atoms with Crippen molar-refractivity contribution in [2.24, 2.45) is 0 Å². The maximum Gasteiger partial charge on any atom is 0.137 e. The number of ether oxygens (including phenoxy) is 1. The molecular formula is C54H52N4O. The summed E-state index contributed by atoms with van der Waals surface area (Å²) in [4.78, 5) is 9.71. The summed E-state index contributed by atoms with van der Waals surface area (Å²) in [5.41, 5.74) is 18.3. The number of hydrogen-bond donors (Lipinski definition) is 0. The molecule has 9 rings (SSSR count). The first kappa shape index (κ1) is 38.0. The average Bonchev–Trinajstić information content (AvgIpc) is 3.70. The smallest absolute Gasteiger partial charge is 0.137 e. The lowest BCUT2D eigenvalue weighted by atomic mass is 9.88. The summed E-state index contributed by atoms with van der Waals surface area (Å²) in [6.07, 6.45) is 1.92. The van der Waals surface area contributed by atoms with Gasteiger partial charge in [-0.25, -0.2) is 4.98 Å². The molecule has 59 heavy (non-hydrogen) atoms. The van der Waals surface area contributed by atoms with Gasteiger partial charge in [0.1, 0.15) is 17.3 Å². The number of anilines is 2. The van der Waals surface area contributed by atoms with Crippen LogP contribution in [0.4, 0.5) is 11.4 Å². The largest absolute Gasteiger partial charge is 0.457 e. The maximum atomic E-state index is 6.71. The highest BCUT2D eigenvalue weighted by Crippen LogP contribution is 2.42. The maximum absolute atomic E-state index is 6.71. The van der Waals surface area contributed by atoms with Gasteiger partial charge in [-0.05, 0) is 158 Å². The lowest BCUT2D eigenvalue weighted by Crippen LogP contribution is -2.27. The van der Waals surface area contributed by atoms with Crippen molar-refractivity contribution < 1.29 is 4.74 Å². The minimum absolute atomic E-state index is 0.00198. The van der Waals surface area contributed by atoms with Crippen molar-refractivity contribution in [2.75, 3.05) is 16.5 Å². The van der Waals surface area contributed by atoms with E-state index in [4.69, 9.17) is 9.72 Å². The Kier molecular flexibility index (Phi) is 9.43. The van der Waals surface area contributed by atoms with Gasteiger partial charge in [-0.3, -0.25) is 4.57 Å². The first-order valence-electron chi connectivity index (χ1n) is 20.6. The summed E-state index contributed by atoms with van der Waals surface area (Å²) in [6.45, 7) is 20.7. The van der Waals surface area contributed by atoms with Crippen molar-refractivity contribution in [2.45, 2.75) is 67.7 Å². The molecule has 0 unspecified atom stereocenters. The van der Waals surface area contributed by atoms with Gasteiger partial charge in [-0.2, -0.15) is 0 Å². The third-order valence-electron chi connectivity index (χ3n) is 12.2. The fourth-order valence-corrected chi connectivity index (χ4v) is 9.01. The Morgan fingerprint density at radius 2 is 1.08 bits per heavy atom. The van der Waals surface area contributed by atoms with Crippen molar-refractivity contribution in [1.82, 2.24) is 9.55 Å². The van der Waals surface area contributed by atoms with Crippen LogP contribution in [0.25, 0.3) is 49.9 Å². The number of pyridine rings is 1. The van der Waals surface area contributed by atoms with Gasteiger partial charge in [-0.1, -0.05) is 81.4 Å². The van der Waals surface area contributed by atoms with Gasteiger partial charge in [0.25, 0.3) is 0 Å². The highest BCUT2D eigenvalue weighted by atomic mass is 16.5. The first-order chi connectivity index (χ1) is 28.4. The van der Waals surface area contributed by atoms with E-state index in [1.807, 2.05) is 12.3 Å². The minimum Gasteiger partial charge on any atom is -0.457 e. The molecular weight excluding hydrogens is 721 g/mol. The summed E-state index contributed by atoms with van der Waals surface area (Å²) >= 11 is 0. The van der Waals surface area contributed by atoms with Gasteiger partial charge in [0.15, 0.2) is 0 Å². The second-order valence-electron chi connectivity index (χ2n) is 17.3. The summed E-state index contributed by atoms with van der Waals surface area (Å²) < 4.78 is 8.97. The van der Waals surface area contributed by atoms with E-state index in [9.17, 15) is 0 Å². The fraction of sp³-hybridized carbons (Fsp3) is 0.204. The molecule has 0 amide bonds. The van der Waals surface area contributed by atoms with E-state index in [1.54, 1.807) is 0 Å². The number of allylic oxidation sites excluding steroid dienone is 2. The molecule has 0 bridgehead atoms. The highest BCUT2D eigenvalue weighted by Gasteiger charge is 2.27. The molecule has 0 saturated heterocycles. The molecule has 3 heterocycles. The number of para-hydroxylation sites is 1. The molecule has 0 radical (unpaired) electrons. The second kappa shape index (κ2) is 14.7. The molecule has 0 N–H and O–H groups in total. The monoisotopic (exact) mass is 772 g/mol. The van der Waals surface area contributed by atoms with E-state index in [0.717, 1.165) is 34.0 Å². The lowest BCUT2D eigenvalue weighted by Gasteiger charge is -2.26. The number of benzene rings is 6. The van der Waals surface area contributed by atoms with E-state index < -0.39 is 0 Å². The van der Waals surface area contributed by atoms with Crippen LogP contribution in [-0.2, 0) is 5.41 Å². The SMILES string of the molecule is CC1=C(C)N(c2cc(-c3c(C)cccc3C)cc(-c3c(C)cccc3C)c2)CN1c1cccc(Oc2ccc3c4ccccc4n(-c4cc(C(C)(C)C)ccn4)c3c2)c1. The lowest BCUT2D eigenvalue weighted by molar-refractivity contribution is 0.483. The van der Waals surface area contributed by atoms with Crippen LogP contribution in [0.1, 0.15) is 62.4 Å². The van der Waals surface area contributed by atoms with Crippen molar-refractivity contribution in [3.8, 4) is 39.6 Å². The quantitative estimate of drug-likeness (QED) is 0.162. The molecule has 6 aromatic carbocycles. The first-order valence-corrected chi connectivity index (χ1v) is 20.6. The van der Waals surface area contributed by atoms with E-state index in [0.29, 0.717) is 6.67 Å². The minimum atomic E-state index is 0.00198. The topological polar surface area (TPSA) is 33.5 Å². The summed E-state index contributed by atoms with van der Waals surface area (Å²) in [7, 11) is 0. The Hall–Kier alpha value is -6.59. The van der Waals surface area contributed by atoms with Gasteiger partial charge >= 0.3 is 0 Å². The molecule has 0 aliphatic carbocycles. The van der Waals surface area contributed by atoms with Gasteiger partial charge in [0.05, 0.1) is 17.7 Å². The van der Waals surface area contributed by atoms with Crippen molar-refractivity contribution >= 4 is 33.2 Å². The van der Waals surface area contributed by atoms with Crippen LogP contribution < -0.4 is 14.5 Å². The van der Waals surface area contributed by atoms with Gasteiger partial charge in [-0.15, -0.1) is 0 Å². The van der Waals surface area contributed by atoms with Gasteiger partial charge in [0, 0.05) is 51.9 Å². The second-order valence-corrected chi connectivity index (χ2v) is 17.3. The molecule has 0 fully saturated rings. The predicted octanol–water partition coefficient (Wildman–Crippen LogP) is 14.4. The molecule has 5 heteroatoms. The zero-order valence-electron chi connectivity index (χ0n) is 35.7. The third kappa shape index (κ3) is 6.85. The zero-order chi connectivity index (χ0) is 41.2. The molecule has 0 saturated carbocycles. The molecule has 294 valence electrons. The van der Waals surface area contributed by atoms with E-state index in [-0.39, 0.29) is 5.41 Å². The van der Waals surface area contributed by atoms with Crippen LogP contribution in [0.2, 0.25) is 0 Å². The number of aromatic nitrogens is 2. The Bertz CT molecular complexity index is 2850. The van der Waals surface area contributed by atoms with Gasteiger partial charge < -0.3 is 14.5 Å². The van der Waals surface area contributed by atoms with Crippen LogP contribution in [0.5, 0.6) is 11.5 Å². The average molecular weight is 773 g/mol. The van der Waals surface area contributed by atoms with E-state index in [1.165, 1.54) is 77.9 Å². The van der Waals surface area contributed by atoms with E-state index in [2.05, 4.69) is 204 Å². The molecule has 0 spiro atoms. The molecule has 1 aliphatic heterocycles. The highest BCUT2D eigenvalue weighted by molar-refractivity contribution is 6.09. The number of hydrogen-bond acceptors (Lipinski definition) is 4. The Labute approximate surface area is 348 Å². The number of nitrogens with zero attached hydrogens (tertiary/aromatic N) is 4. The summed E-state index contributed by atoms with van der Waals surface area (Å²) in [5.74, 6) is 2.47. The Morgan fingerprint density at radius 3 is 1.73 bits per heavy atom. The van der Waals surface area contributed by atoms with Crippen molar-refractivity contribution in [3.05, 3.63) is 179 Å². The van der Waals surface area contributed by atoms with Crippen molar-refractivity contribution in [3.63, 3.8) is 0 Å². The number of aryl methyl sites for hydroxylation is 4. The van der Waals surface area contributed by atoms with Crippen LogP contribution in [-0.4, -0.2) is 16.2 Å². The Balaban J connectivity index is 1.06. The zero-order valence-corrected chi connectivity index (χ0v) is 35.7. The van der Waals surface area contributed by atoms with Gasteiger partial charge in [0.2, 0.25) is 0 Å². The number of fused-ring (bicyclic) bond motifs is 3. The third-order valence-corrected chi connectivity index (χ3v) is 12.2. The van der Waals surface area contributed by atoms with Crippen LogP contribution >= 0.6 is 0 Å². The summed E-state index contributed by atoms with van der Waals surface area (Å²) in [6, 6.07) is 48.1. The molecule has 1 aliphatic rings. The van der Waals surface area contributed by atoms with E-state index >= 15 is 0 Å².